The van der Waals surface area contributed by atoms with Crippen LogP contribution < -0.4 is 4.74 Å². The van der Waals surface area contributed by atoms with E-state index in [2.05, 4.69) is 33.1 Å². The Morgan fingerprint density at radius 2 is 1.89 bits per heavy atom. The highest BCUT2D eigenvalue weighted by Gasteiger charge is 2.30. The van der Waals surface area contributed by atoms with Crippen molar-refractivity contribution in [3.8, 4) is 5.75 Å². The van der Waals surface area contributed by atoms with E-state index < -0.39 is 8.07 Å². The van der Waals surface area contributed by atoms with Gasteiger partial charge in [0.05, 0.1) is 45.7 Å². The van der Waals surface area contributed by atoms with Gasteiger partial charge >= 0.3 is 5.97 Å². The molecule has 1 saturated heterocycles. The van der Waals surface area contributed by atoms with E-state index in [1.165, 1.54) is 7.11 Å². The van der Waals surface area contributed by atoms with E-state index in [0.29, 0.717) is 26.4 Å². The van der Waals surface area contributed by atoms with Gasteiger partial charge in [0.2, 0.25) is 0 Å². The van der Waals surface area contributed by atoms with Crippen LogP contribution in [0.15, 0.2) is 36.4 Å². The van der Waals surface area contributed by atoms with Crippen molar-refractivity contribution in [3.05, 3.63) is 42.0 Å². The summed E-state index contributed by atoms with van der Waals surface area (Å²) in [5, 5.41) is 0. The number of benzene rings is 1. The van der Waals surface area contributed by atoms with Gasteiger partial charge in [0.25, 0.3) is 0 Å². The predicted octanol–water partition coefficient (Wildman–Crippen LogP) is 5.99. The molecule has 0 bridgehead atoms. The van der Waals surface area contributed by atoms with Crippen molar-refractivity contribution < 1.29 is 33.2 Å². The second kappa shape index (κ2) is 16.3. The fraction of sp³-hybridized carbons (Fsp3) is 0.690. The molecule has 210 valence electrons. The Morgan fingerprint density at radius 3 is 2.54 bits per heavy atom. The molecule has 7 nitrogen and oxygen atoms in total. The number of methoxy groups -OCH3 is 2. The van der Waals surface area contributed by atoms with E-state index in [0.717, 1.165) is 55.2 Å². The molecule has 2 rings (SSSR count). The molecule has 1 aromatic rings. The lowest BCUT2D eigenvalue weighted by Crippen LogP contribution is -2.23. The van der Waals surface area contributed by atoms with Gasteiger partial charge in [0.15, 0.2) is 0 Å². The van der Waals surface area contributed by atoms with Gasteiger partial charge in [-0.05, 0) is 60.9 Å². The smallest absolute Gasteiger partial charge is 0.305 e. The highest BCUT2D eigenvalue weighted by atomic mass is 28.3. The molecule has 1 aliphatic rings. The molecule has 0 spiro atoms. The molecular formula is C29H48O7Si. The average molecular weight is 537 g/mol. The van der Waals surface area contributed by atoms with Crippen LogP contribution in [-0.4, -0.2) is 66.6 Å². The van der Waals surface area contributed by atoms with Gasteiger partial charge < -0.3 is 28.4 Å². The summed E-state index contributed by atoms with van der Waals surface area (Å²) < 4.78 is 34.0. The summed E-state index contributed by atoms with van der Waals surface area (Å²) in [5.41, 5.74) is 2.18. The Labute approximate surface area is 224 Å². The topological polar surface area (TPSA) is 72.5 Å². The Bertz CT molecular complexity index is 805. The third-order valence-corrected chi connectivity index (χ3v) is 8.28. The van der Waals surface area contributed by atoms with Gasteiger partial charge in [0.1, 0.15) is 12.5 Å². The van der Waals surface area contributed by atoms with Crippen molar-refractivity contribution in [1.29, 1.82) is 0 Å². The van der Waals surface area contributed by atoms with E-state index in [1.54, 1.807) is 7.11 Å². The Balaban J connectivity index is 1.80. The molecule has 0 unspecified atom stereocenters. The van der Waals surface area contributed by atoms with E-state index in [-0.39, 0.29) is 30.2 Å². The number of esters is 1. The van der Waals surface area contributed by atoms with Crippen LogP contribution in [-0.2, 0) is 35.1 Å². The molecule has 8 heteroatoms. The Morgan fingerprint density at radius 1 is 1.16 bits per heavy atom. The van der Waals surface area contributed by atoms with Crippen molar-refractivity contribution in [1.82, 2.24) is 0 Å². The van der Waals surface area contributed by atoms with Crippen LogP contribution in [0.5, 0.6) is 5.75 Å². The van der Waals surface area contributed by atoms with Crippen molar-refractivity contribution >= 4 is 14.0 Å². The first-order chi connectivity index (χ1) is 17.6. The summed E-state index contributed by atoms with van der Waals surface area (Å²) in [6.07, 6.45) is 3.58. The highest BCUT2D eigenvalue weighted by molar-refractivity contribution is 6.76. The fourth-order valence-corrected chi connectivity index (χ4v) is 5.05. The first-order valence-corrected chi connectivity index (χ1v) is 17.1. The average Bonchev–Trinajstić information content (AvgIpc) is 3.21. The van der Waals surface area contributed by atoms with Gasteiger partial charge in [0, 0.05) is 21.1 Å². The van der Waals surface area contributed by atoms with Crippen LogP contribution >= 0.6 is 0 Å². The third kappa shape index (κ3) is 13.1. The maximum Gasteiger partial charge on any atom is 0.305 e. The minimum atomic E-state index is -1.09. The number of hydrogen-bond acceptors (Lipinski definition) is 7. The summed E-state index contributed by atoms with van der Waals surface area (Å²) in [4.78, 5) is 11.8. The lowest BCUT2D eigenvalue weighted by atomic mass is 9.95. The second-order valence-corrected chi connectivity index (χ2v) is 16.9. The van der Waals surface area contributed by atoms with E-state index in [4.69, 9.17) is 28.4 Å². The number of carbonyl (C=O) groups excluding carboxylic acids is 1. The van der Waals surface area contributed by atoms with Crippen molar-refractivity contribution in [2.24, 2.45) is 5.92 Å². The summed E-state index contributed by atoms with van der Waals surface area (Å²) >= 11 is 0. The third-order valence-electron chi connectivity index (χ3n) is 6.57. The minimum Gasteiger partial charge on any atom is -0.497 e. The quantitative estimate of drug-likeness (QED) is 0.0750. The molecular weight excluding hydrogens is 488 g/mol. The molecule has 1 aromatic carbocycles. The number of ether oxygens (including phenoxy) is 6. The minimum absolute atomic E-state index is 0.00627. The van der Waals surface area contributed by atoms with Gasteiger partial charge in [-0.25, -0.2) is 0 Å². The molecule has 0 aliphatic carbocycles. The van der Waals surface area contributed by atoms with Crippen LogP contribution in [0.25, 0.3) is 0 Å². The lowest BCUT2D eigenvalue weighted by Gasteiger charge is -2.23. The monoisotopic (exact) mass is 536 g/mol. The van der Waals surface area contributed by atoms with Crippen LogP contribution in [0, 0.1) is 5.92 Å². The first kappa shape index (κ1) is 31.5. The molecule has 0 aromatic heterocycles. The largest absolute Gasteiger partial charge is 0.497 e. The molecule has 0 radical (unpaired) electrons. The Hall–Kier alpha value is -1.71. The van der Waals surface area contributed by atoms with Crippen LogP contribution in [0.4, 0.5) is 0 Å². The van der Waals surface area contributed by atoms with Gasteiger partial charge in [-0.15, -0.1) is 0 Å². The van der Waals surface area contributed by atoms with E-state index in [9.17, 15) is 4.79 Å². The lowest BCUT2D eigenvalue weighted by molar-refractivity contribution is -0.141. The van der Waals surface area contributed by atoms with Gasteiger partial charge in [-0.1, -0.05) is 45.3 Å². The van der Waals surface area contributed by atoms with Crippen molar-refractivity contribution in [2.75, 3.05) is 34.2 Å². The summed E-state index contributed by atoms with van der Waals surface area (Å²) in [6, 6.07) is 9.02. The molecule has 4 atom stereocenters. The fourth-order valence-electron chi connectivity index (χ4n) is 4.29. The molecule has 1 aliphatic heterocycles. The second-order valence-electron chi connectivity index (χ2n) is 11.3. The van der Waals surface area contributed by atoms with Crippen molar-refractivity contribution in [3.63, 3.8) is 0 Å². The SMILES string of the molecule is C=C1C[C@H](COCOCC[Si](C)(C)C)O[C@H]1CC[C@@H](C[C@@H](C)CC(=O)OC)OCc1ccc(OC)cc1. The normalized spacial score (nSPS) is 19.6. The summed E-state index contributed by atoms with van der Waals surface area (Å²) in [7, 11) is 2.00. The summed E-state index contributed by atoms with van der Waals surface area (Å²) in [5.74, 6) is 0.782. The van der Waals surface area contributed by atoms with Crippen LogP contribution in [0.3, 0.4) is 0 Å². The molecule has 1 heterocycles. The zero-order valence-electron chi connectivity index (χ0n) is 23.8. The van der Waals surface area contributed by atoms with E-state index in [1.807, 2.05) is 24.3 Å². The maximum atomic E-state index is 11.8. The molecule has 37 heavy (non-hydrogen) atoms. The Kier molecular flexibility index (Phi) is 13.9. The number of carbonyl (C=O) groups is 1. The maximum absolute atomic E-state index is 11.8. The van der Waals surface area contributed by atoms with Crippen LogP contribution in [0.2, 0.25) is 25.7 Å². The zero-order valence-corrected chi connectivity index (χ0v) is 24.8. The first-order valence-electron chi connectivity index (χ1n) is 13.4. The van der Waals surface area contributed by atoms with Crippen LogP contribution in [0.1, 0.15) is 44.6 Å². The standard InChI is InChI=1S/C29H48O7Si/c1-22(17-29(30)32-4)16-26(35-19-24-8-10-25(31-3)11-9-24)12-13-28-23(2)18-27(36-28)20-34-21-33-14-15-37(5,6)7/h8-11,22,26-28H,2,12-21H2,1,3-7H3/t22-,26+,27-,28+/m1/s1. The summed E-state index contributed by atoms with van der Waals surface area (Å²) in [6.45, 7) is 15.4. The van der Waals surface area contributed by atoms with Crippen molar-refractivity contribution in [2.45, 2.75) is 89.6 Å². The van der Waals surface area contributed by atoms with E-state index >= 15 is 0 Å². The molecule has 0 saturated carbocycles. The molecule has 0 N–H and O–H groups in total. The number of hydrogen-bond donors (Lipinski definition) is 0. The highest BCUT2D eigenvalue weighted by Crippen LogP contribution is 2.30. The van der Waals surface area contributed by atoms with Gasteiger partial charge in [-0.2, -0.15) is 0 Å². The molecule has 1 fully saturated rings. The van der Waals surface area contributed by atoms with Gasteiger partial charge in [-0.3, -0.25) is 4.79 Å². The number of rotatable bonds is 18. The predicted molar refractivity (Wildman–Crippen MR) is 149 cm³/mol. The zero-order chi connectivity index (χ0) is 27.3. The molecule has 0 amide bonds.